The van der Waals surface area contributed by atoms with E-state index < -0.39 is 5.82 Å². The summed E-state index contributed by atoms with van der Waals surface area (Å²) < 4.78 is 12.9. The van der Waals surface area contributed by atoms with Gasteiger partial charge in [0.05, 0.1) is 0 Å². The van der Waals surface area contributed by atoms with E-state index in [0.717, 1.165) is 25.1 Å². The Morgan fingerprint density at radius 3 is 2.94 bits per heavy atom. The molecule has 3 nitrogen and oxygen atoms in total. The van der Waals surface area contributed by atoms with Gasteiger partial charge < -0.3 is 10.8 Å². The fraction of sp³-hybridized carbons (Fsp3) is 0.538. The minimum Gasteiger partial charge on any atom is -0.508 e. The van der Waals surface area contributed by atoms with E-state index in [1.807, 2.05) is 6.92 Å². The van der Waals surface area contributed by atoms with Crippen molar-refractivity contribution in [1.82, 2.24) is 4.90 Å². The van der Waals surface area contributed by atoms with E-state index in [4.69, 9.17) is 5.73 Å². The van der Waals surface area contributed by atoms with Crippen LogP contribution in [-0.2, 0) is 0 Å². The lowest BCUT2D eigenvalue weighted by atomic mass is 10.1. The number of aromatic hydroxyl groups is 1. The summed E-state index contributed by atoms with van der Waals surface area (Å²) in [6.45, 7) is 4.68. The molecule has 0 aliphatic carbocycles. The third-order valence-corrected chi connectivity index (χ3v) is 3.64. The zero-order valence-electron chi connectivity index (χ0n) is 10.1. The summed E-state index contributed by atoms with van der Waals surface area (Å²) in [7, 11) is 0. The van der Waals surface area contributed by atoms with Crippen LogP contribution in [0.2, 0.25) is 0 Å². The van der Waals surface area contributed by atoms with Crippen molar-refractivity contribution in [1.29, 1.82) is 0 Å². The summed E-state index contributed by atoms with van der Waals surface area (Å²) in [5, 5.41) is 9.75. The van der Waals surface area contributed by atoms with Crippen molar-refractivity contribution < 1.29 is 9.50 Å². The first-order valence-electron chi connectivity index (χ1n) is 6.04. The van der Waals surface area contributed by atoms with Gasteiger partial charge in [-0.3, -0.25) is 4.90 Å². The van der Waals surface area contributed by atoms with Crippen LogP contribution in [0, 0.1) is 11.7 Å². The molecule has 0 saturated carbocycles. The molecular formula is C13H19FN2O. The van der Waals surface area contributed by atoms with Gasteiger partial charge >= 0.3 is 0 Å². The van der Waals surface area contributed by atoms with E-state index in [2.05, 4.69) is 4.90 Å². The Balaban J connectivity index is 2.12. The number of phenols is 1. The first-order valence-corrected chi connectivity index (χ1v) is 6.04. The largest absolute Gasteiger partial charge is 0.508 e. The molecule has 0 amide bonds. The number of nitrogens with zero attached hydrogens (tertiary/aromatic N) is 1. The summed E-state index contributed by atoms with van der Waals surface area (Å²) in [6.07, 6.45) is 1.10. The van der Waals surface area contributed by atoms with Gasteiger partial charge in [-0.05, 0) is 38.4 Å². The molecule has 2 rings (SSSR count). The van der Waals surface area contributed by atoms with Crippen molar-refractivity contribution >= 4 is 0 Å². The molecule has 0 radical (unpaired) electrons. The Labute approximate surface area is 101 Å². The highest BCUT2D eigenvalue weighted by Gasteiger charge is 2.27. The predicted molar refractivity (Wildman–Crippen MR) is 65.2 cm³/mol. The van der Waals surface area contributed by atoms with Gasteiger partial charge in [-0.2, -0.15) is 0 Å². The second-order valence-corrected chi connectivity index (χ2v) is 4.76. The molecule has 2 atom stereocenters. The second-order valence-electron chi connectivity index (χ2n) is 4.76. The highest BCUT2D eigenvalue weighted by Crippen LogP contribution is 2.32. The second kappa shape index (κ2) is 5.02. The molecule has 0 bridgehead atoms. The van der Waals surface area contributed by atoms with Gasteiger partial charge in [0.2, 0.25) is 0 Å². The fourth-order valence-electron chi connectivity index (χ4n) is 2.47. The smallest absolute Gasteiger partial charge is 0.126 e. The molecule has 0 spiro atoms. The lowest BCUT2D eigenvalue weighted by molar-refractivity contribution is 0.248. The van der Waals surface area contributed by atoms with Crippen LogP contribution in [-0.4, -0.2) is 29.6 Å². The quantitative estimate of drug-likeness (QED) is 0.845. The molecule has 0 aromatic heterocycles. The first kappa shape index (κ1) is 12.3. The number of phenolic OH excluding ortho intramolecular Hbond substituents is 1. The SMILES string of the molecule is CC(c1ccc(F)cc1O)N1CCC(CN)C1. The van der Waals surface area contributed by atoms with Crippen LogP contribution in [0.4, 0.5) is 4.39 Å². The van der Waals surface area contributed by atoms with Crippen LogP contribution in [0.15, 0.2) is 18.2 Å². The molecule has 1 heterocycles. The maximum Gasteiger partial charge on any atom is 0.126 e. The molecule has 1 aliphatic rings. The van der Waals surface area contributed by atoms with Crippen LogP contribution >= 0.6 is 0 Å². The molecule has 4 heteroatoms. The maximum atomic E-state index is 12.9. The van der Waals surface area contributed by atoms with Crippen LogP contribution in [0.25, 0.3) is 0 Å². The van der Waals surface area contributed by atoms with E-state index in [1.165, 1.54) is 12.1 Å². The summed E-state index contributed by atoms with van der Waals surface area (Å²) in [5.41, 5.74) is 6.44. The van der Waals surface area contributed by atoms with Gasteiger partial charge in [0, 0.05) is 24.2 Å². The van der Waals surface area contributed by atoms with E-state index in [9.17, 15) is 9.50 Å². The van der Waals surface area contributed by atoms with Gasteiger partial charge in [0.25, 0.3) is 0 Å². The normalized spacial score (nSPS) is 22.9. The fourth-order valence-corrected chi connectivity index (χ4v) is 2.47. The molecule has 1 saturated heterocycles. The predicted octanol–water partition coefficient (Wildman–Crippen LogP) is 1.87. The van der Waals surface area contributed by atoms with Crippen LogP contribution in [0.3, 0.4) is 0 Å². The number of rotatable bonds is 3. The Bertz CT molecular complexity index is 397. The van der Waals surface area contributed by atoms with Crippen molar-refractivity contribution in [3.63, 3.8) is 0 Å². The summed E-state index contributed by atoms with van der Waals surface area (Å²) >= 11 is 0. The summed E-state index contributed by atoms with van der Waals surface area (Å²) in [6, 6.07) is 4.32. The van der Waals surface area contributed by atoms with Crippen molar-refractivity contribution in [3.05, 3.63) is 29.6 Å². The van der Waals surface area contributed by atoms with Gasteiger partial charge in [0.1, 0.15) is 11.6 Å². The average Bonchev–Trinajstić information content (AvgIpc) is 2.76. The molecule has 1 aliphatic heterocycles. The van der Waals surface area contributed by atoms with Crippen LogP contribution in [0.5, 0.6) is 5.75 Å². The number of hydrogen-bond donors (Lipinski definition) is 2. The average molecular weight is 238 g/mol. The highest BCUT2D eigenvalue weighted by molar-refractivity contribution is 5.35. The van der Waals surface area contributed by atoms with E-state index >= 15 is 0 Å². The molecule has 1 aromatic rings. The topological polar surface area (TPSA) is 49.5 Å². The molecule has 1 fully saturated rings. The third-order valence-electron chi connectivity index (χ3n) is 3.64. The van der Waals surface area contributed by atoms with Crippen molar-refractivity contribution in [3.8, 4) is 5.75 Å². The highest BCUT2D eigenvalue weighted by atomic mass is 19.1. The molecule has 2 unspecified atom stereocenters. The molecular weight excluding hydrogens is 219 g/mol. The maximum absolute atomic E-state index is 12.9. The van der Waals surface area contributed by atoms with E-state index in [1.54, 1.807) is 6.07 Å². The zero-order valence-corrected chi connectivity index (χ0v) is 10.1. The standard InChI is InChI=1S/C13H19FN2O/c1-9(16-5-4-10(7-15)8-16)12-3-2-11(14)6-13(12)17/h2-3,6,9-10,17H,4-5,7-8,15H2,1H3. The molecule has 17 heavy (non-hydrogen) atoms. The Morgan fingerprint density at radius 2 is 2.35 bits per heavy atom. The van der Waals surface area contributed by atoms with Gasteiger partial charge in [-0.15, -0.1) is 0 Å². The van der Waals surface area contributed by atoms with Crippen LogP contribution < -0.4 is 5.73 Å². The van der Waals surface area contributed by atoms with Crippen LogP contribution in [0.1, 0.15) is 24.9 Å². The number of benzene rings is 1. The van der Waals surface area contributed by atoms with E-state index in [-0.39, 0.29) is 11.8 Å². The van der Waals surface area contributed by atoms with Crippen molar-refractivity contribution in [2.75, 3.05) is 19.6 Å². The number of halogens is 1. The van der Waals surface area contributed by atoms with Gasteiger partial charge in [-0.1, -0.05) is 6.07 Å². The Kier molecular flexibility index (Phi) is 3.64. The minimum absolute atomic E-state index is 0.0358. The third kappa shape index (κ3) is 2.58. The number of hydrogen-bond acceptors (Lipinski definition) is 3. The first-order chi connectivity index (χ1) is 8.11. The molecule has 1 aromatic carbocycles. The Morgan fingerprint density at radius 1 is 1.59 bits per heavy atom. The lowest BCUT2D eigenvalue weighted by Crippen LogP contribution is -2.26. The number of likely N-dealkylation sites (tertiary alicyclic amines) is 1. The monoisotopic (exact) mass is 238 g/mol. The Hall–Kier alpha value is -1.13. The number of nitrogens with two attached hydrogens (primary N) is 1. The summed E-state index contributed by atoms with van der Waals surface area (Å²) in [5.74, 6) is 0.174. The van der Waals surface area contributed by atoms with Crippen molar-refractivity contribution in [2.45, 2.75) is 19.4 Å². The van der Waals surface area contributed by atoms with Crippen molar-refractivity contribution in [2.24, 2.45) is 11.7 Å². The lowest BCUT2D eigenvalue weighted by Gasteiger charge is -2.25. The minimum atomic E-state index is -0.403. The molecule has 94 valence electrons. The van der Waals surface area contributed by atoms with Gasteiger partial charge in [-0.25, -0.2) is 4.39 Å². The summed E-state index contributed by atoms with van der Waals surface area (Å²) in [4.78, 5) is 2.28. The van der Waals surface area contributed by atoms with E-state index in [0.29, 0.717) is 12.5 Å². The molecule has 3 N–H and O–H groups in total. The zero-order chi connectivity index (χ0) is 12.4. The van der Waals surface area contributed by atoms with Gasteiger partial charge in [0.15, 0.2) is 0 Å².